The molecule has 0 aliphatic carbocycles. The average Bonchev–Trinajstić information content (AvgIpc) is 2.13. The first kappa shape index (κ1) is 15.1. The molecule has 3 unspecified atom stereocenters. The second-order valence-electron chi connectivity index (χ2n) is 4.38. The van der Waals surface area contributed by atoms with E-state index in [0.29, 0.717) is 4.75 Å². The van der Waals surface area contributed by atoms with Crippen LogP contribution in [0.4, 0.5) is 0 Å². The molecule has 0 spiro atoms. The van der Waals surface area contributed by atoms with Gasteiger partial charge in [-0.3, -0.25) is 0 Å². The van der Waals surface area contributed by atoms with Gasteiger partial charge in [-0.1, -0.05) is 27.7 Å². The summed E-state index contributed by atoms with van der Waals surface area (Å²) >= 11 is 4.13. The molecule has 86 valence electrons. The molecule has 0 bridgehead atoms. The highest BCUT2D eigenvalue weighted by atomic mass is 32.2. The summed E-state index contributed by atoms with van der Waals surface area (Å²) in [7, 11) is 2.87. The Hall–Kier alpha value is 1.13. The van der Waals surface area contributed by atoms with Crippen molar-refractivity contribution in [2.45, 2.75) is 55.8 Å². The first-order chi connectivity index (χ1) is 6.45. The van der Waals surface area contributed by atoms with Crippen molar-refractivity contribution in [1.29, 1.82) is 0 Å². The molecular weight excluding hydrogens is 227 g/mol. The predicted octanol–water partition coefficient (Wildman–Crippen LogP) is 4.29. The summed E-state index contributed by atoms with van der Waals surface area (Å²) < 4.78 is 0.436. The largest absolute Gasteiger partial charge is 0.159 e. The highest BCUT2D eigenvalue weighted by Gasteiger charge is 2.21. The SMILES string of the molecule is CCC(CP)SC(C)CC(C)(C)SC. The fourth-order valence-electron chi connectivity index (χ4n) is 1.47. The van der Waals surface area contributed by atoms with E-state index in [2.05, 4.69) is 55.0 Å². The monoisotopic (exact) mass is 252 g/mol. The average molecular weight is 252 g/mol. The third-order valence-electron chi connectivity index (χ3n) is 2.47. The minimum Gasteiger partial charge on any atom is -0.159 e. The van der Waals surface area contributed by atoms with Crippen molar-refractivity contribution in [1.82, 2.24) is 0 Å². The third kappa shape index (κ3) is 6.58. The highest BCUT2D eigenvalue weighted by Crippen LogP contribution is 2.33. The van der Waals surface area contributed by atoms with E-state index >= 15 is 0 Å². The normalized spacial score (nSPS) is 16.7. The maximum absolute atomic E-state index is 2.87. The molecule has 0 N–H and O–H groups in total. The molecule has 0 saturated heterocycles. The molecule has 14 heavy (non-hydrogen) atoms. The Morgan fingerprint density at radius 2 is 1.93 bits per heavy atom. The number of hydrogen-bond acceptors (Lipinski definition) is 2. The van der Waals surface area contributed by atoms with Crippen LogP contribution in [-0.2, 0) is 0 Å². The summed E-state index contributed by atoms with van der Waals surface area (Å²) in [6.07, 6.45) is 6.04. The fourth-order valence-corrected chi connectivity index (χ4v) is 4.13. The Balaban J connectivity index is 3.90. The molecular formula is C11H25PS2. The van der Waals surface area contributed by atoms with Crippen LogP contribution >= 0.6 is 32.8 Å². The molecule has 0 amide bonds. The van der Waals surface area contributed by atoms with E-state index in [1.54, 1.807) is 0 Å². The Labute approximate surface area is 101 Å². The van der Waals surface area contributed by atoms with E-state index in [1.165, 1.54) is 19.0 Å². The number of hydrogen-bond donors (Lipinski definition) is 0. The zero-order valence-electron chi connectivity index (χ0n) is 10.2. The molecule has 0 heterocycles. The first-order valence-corrected chi connectivity index (χ1v) is 8.34. The summed E-state index contributed by atoms with van der Waals surface area (Å²) in [5.74, 6) is 0. The van der Waals surface area contributed by atoms with Gasteiger partial charge in [0.15, 0.2) is 0 Å². The fraction of sp³-hybridized carbons (Fsp3) is 1.00. The van der Waals surface area contributed by atoms with Crippen molar-refractivity contribution in [2.75, 3.05) is 12.4 Å². The third-order valence-corrected chi connectivity index (χ3v) is 6.20. The second kappa shape index (κ2) is 7.41. The van der Waals surface area contributed by atoms with Crippen LogP contribution in [0.15, 0.2) is 0 Å². The van der Waals surface area contributed by atoms with E-state index in [-0.39, 0.29) is 0 Å². The summed E-state index contributed by atoms with van der Waals surface area (Å²) in [6, 6.07) is 0. The van der Waals surface area contributed by atoms with Gasteiger partial charge in [-0.15, -0.1) is 9.24 Å². The Bertz CT molecular complexity index is 144. The van der Waals surface area contributed by atoms with Crippen molar-refractivity contribution in [2.24, 2.45) is 0 Å². The van der Waals surface area contributed by atoms with Gasteiger partial charge in [-0.2, -0.15) is 23.5 Å². The zero-order chi connectivity index (χ0) is 11.2. The molecule has 0 aromatic heterocycles. The van der Waals surface area contributed by atoms with E-state index in [4.69, 9.17) is 0 Å². The lowest BCUT2D eigenvalue weighted by Gasteiger charge is -2.27. The Kier molecular flexibility index (Phi) is 8.01. The standard InChI is InChI=1S/C11H25PS2/c1-6-10(8-12)14-9(2)7-11(3,4)13-5/h9-10H,6-8,12H2,1-5H3. The maximum atomic E-state index is 2.87. The molecule has 0 aromatic rings. The molecule has 0 aliphatic heterocycles. The van der Waals surface area contributed by atoms with Gasteiger partial charge in [-0.05, 0) is 25.3 Å². The van der Waals surface area contributed by atoms with Gasteiger partial charge in [0, 0.05) is 15.2 Å². The van der Waals surface area contributed by atoms with Crippen molar-refractivity contribution in [3.63, 3.8) is 0 Å². The molecule has 0 nitrogen and oxygen atoms in total. The lowest BCUT2D eigenvalue weighted by molar-refractivity contribution is 0.636. The van der Waals surface area contributed by atoms with Crippen LogP contribution in [0.1, 0.15) is 40.5 Å². The van der Waals surface area contributed by atoms with Gasteiger partial charge in [0.1, 0.15) is 0 Å². The van der Waals surface area contributed by atoms with Crippen LogP contribution in [0.25, 0.3) is 0 Å². The Morgan fingerprint density at radius 1 is 1.36 bits per heavy atom. The quantitative estimate of drug-likeness (QED) is 0.620. The summed E-state index contributed by atoms with van der Waals surface area (Å²) in [5, 5.41) is 1.61. The first-order valence-electron chi connectivity index (χ1n) is 5.35. The van der Waals surface area contributed by atoms with Crippen molar-refractivity contribution < 1.29 is 0 Å². The summed E-state index contributed by atoms with van der Waals surface area (Å²) in [4.78, 5) is 0. The molecule has 0 fully saturated rings. The topological polar surface area (TPSA) is 0 Å². The van der Waals surface area contributed by atoms with Gasteiger partial charge >= 0.3 is 0 Å². The van der Waals surface area contributed by atoms with Gasteiger partial charge in [0.05, 0.1) is 0 Å². The Morgan fingerprint density at radius 3 is 2.29 bits per heavy atom. The number of thioether (sulfide) groups is 2. The molecule has 0 aromatic carbocycles. The summed E-state index contributed by atoms with van der Waals surface area (Å²) in [6.45, 7) is 9.34. The highest BCUT2D eigenvalue weighted by molar-refractivity contribution is 8.01. The minimum absolute atomic E-state index is 0.436. The van der Waals surface area contributed by atoms with Crippen LogP contribution in [0.2, 0.25) is 0 Å². The minimum atomic E-state index is 0.436. The number of rotatable bonds is 7. The zero-order valence-corrected chi connectivity index (χ0v) is 13.0. The maximum Gasteiger partial charge on any atom is 0.0111 e. The van der Waals surface area contributed by atoms with E-state index < -0.39 is 0 Å². The lowest BCUT2D eigenvalue weighted by Crippen LogP contribution is -2.21. The van der Waals surface area contributed by atoms with Gasteiger partial charge in [0.2, 0.25) is 0 Å². The van der Waals surface area contributed by atoms with E-state index in [0.717, 1.165) is 10.5 Å². The van der Waals surface area contributed by atoms with Crippen LogP contribution < -0.4 is 0 Å². The smallest absolute Gasteiger partial charge is 0.0111 e. The van der Waals surface area contributed by atoms with Gasteiger partial charge in [0.25, 0.3) is 0 Å². The molecule has 0 rings (SSSR count). The lowest BCUT2D eigenvalue weighted by atomic mass is 10.1. The summed E-state index contributed by atoms with van der Waals surface area (Å²) in [5.41, 5.74) is 0. The van der Waals surface area contributed by atoms with Crippen molar-refractivity contribution in [3.8, 4) is 0 Å². The van der Waals surface area contributed by atoms with Crippen LogP contribution in [0, 0.1) is 0 Å². The van der Waals surface area contributed by atoms with E-state index in [1.807, 2.05) is 11.8 Å². The van der Waals surface area contributed by atoms with Crippen LogP contribution in [-0.4, -0.2) is 27.7 Å². The van der Waals surface area contributed by atoms with Gasteiger partial charge < -0.3 is 0 Å². The molecule has 3 heteroatoms. The van der Waals surface area contributed by atoms with Crippen molar-refractivity contribution >= 4 is 32.8 Å². The molecule has 0 aliphatic rings. The molecule has 0 radical (unpaired) electrons. The van der Waals surface area contributed by atoms with E-state index in [9.17, 15) is 0 Å². The second-order valence-corrected chi connectivity index (χ2v) is 8.11. The molecule has 0 saturated carbocycles. The van der Waals surface area contributed by atoms with Crippen LogP contribution in [0.3, 0.4) is 0 Å². The van der Waals surface area contributed by atoms with Crippen molar-refractivity contribution in [3.05, 3.63) is 0 Å². The van der Waals surface area contributed by atoms with Crippen LogP contribution in [0.5, 0.6) is 0 Å². The van der Waals surface area contributed by atoms with Gasteiger partial charge in [-0.25, -0.2) is 0 Å². The predicted molar refractivity (Wildman–Crippen MR) is 77.9 cm³/mol. The molecule has 3 atom stereocenters.